The molecule has 0 saturated carbocycles. The summed E-state index contributed by atoms with van der Waals surface area (Å²) >= 11 is 0. The number of nitrogens with zero attached hydrogens (tertiary/aromatic N) is 3. The van der Waals surface area contributed by atoms with E-state index in [4.69, 9.17) is 0 Å². The summed E-state index contributed by atoms with van der Waals surface area (Å²) in [6.45, 7) is 9.28. The van der Waals surface area contributed by atoms with E-state index in [-0.39, 0.29) is 5.41 Å². The van der Waals surface area contributed by atoms with Crippen molar-refractivity contribution in [3.8, 4) is 27.9 Å². The van der Waals surface area contributed by atoms with Crippen LogP contribution in [0.4, 0.5) is 22.7 Å². The van der Waals surface area contributed by atoms with Gasteiger partial charge < -0.3 is 14.4 Å². The second-order valence-electron chi connectivity index (χ2n) is 19.9. The number of aromatic nitrogens is 1. The predicted molar refractivity (Wildman–Crippen MR) is 306 cm³/mol. The fourth-order valence-electron chi connectivity index (χ4n) is 10.3. The van der Waals surface area contributed by atoms with Crippen LogP contribution in [0.5, 0.6) is 0 Å². The molecule has 71 heavy (non-hydrogen) atoms. The van der Waals surface area contributed by atoms with E-state index < -0.39 is 0 Å². The number of hydrogen-bond donors (Lipinski definition) is 0. The Morgan fingerprint density at radius 3 is 1.86 bits per heavy atom. The fraction of sp³-hybridized carbons (Fsp3) is 0.118. The fourth-order valence-corrected chi connectivity index (χ4v) is 10.3. The van der Waals surface area contributed by atoms with Crippen LogP contribution >= 0.6 is 0 Å². The zero-order valence-electron chi connectivity index (χ0n) is 41.3. The van der Waals surface area contributed by atoms with Crippen LogP contribution in [0.1, 0.15) is 39.7 Å². The Balaban J connectivity index is 0.000000850. The van der Waals surface area contributed by atoms with Gasteiger partial charge in [0.1, 0.15) is 0 Å². The highest BCUT2D eigenvalue weighted by atomic mass is 15.2. The lowest BCUT2D eigenvalue weighted by atomic mass is 9.81. The number of allylic oxidation sites excluding steroid dienone is 3. The van der Waals surface area contributed by atoms with Crippen LogP contribution in [0.25, 0.3) is 71.3 Å². The second kappa shape index (κ2) is 19.2. The molecule has 1 aliphatic carbocycles. The molecule has 1 atom stereocenters. The van der Waals surface area contributed by atoms with Gasteiger partial charge in [0.2, 0.25) is 0 Å². The molecule has 0 spiro atoms. The number of rotatable bonds is 8. The van der Waals surface area contributed by atoms with E-state index in [0.717, 1.165) is 34.7 Å². The van der Waals surface area contributed by atoms with Gasteiger partial charge in [-0.3, -0.25) is 0 Å². The first-order chi connectivity index (χ1) is 34.7. The molecule has 1 aliphatic rings. The van der Waals surface area contributed by atoms with E-state index in [2.05, 4.69) is 261 Å². The van der Waals surface area contributed by atoms with Crippen molar-refractivity contribution in [1.29, 1.82) is 0 Å². The van der Waals surface area contributed by atoms with Crippen molar-refractivity contribution in [2.45, 2.75) is 39.5 Å². The molecule has 1 heterocycles. The molecule has 12 rings (SSSR count). The maximum Gasteiger partial charge on any atom is 0.0541 e. The molecule has 10 aromatic carbocycles. The van der Waals surface area contributed by atoms with Crippen LogP contribution in [-0.4, -0.2) is 11.6 Å². The van der Waals surface area contributed by atoms with E-state index in [9.17, 15) is 0 Å². The summed E-state index contributed by atoms with van der Waals surface area (Å²) in [7, 11) is 2.21. The SMILES string of the molecule is CC1C=CC(N(c2cc(-c3ccc4c(c3)c3ccccc3n4-c3ccc4ccccc4c3)cc(N(C)c3cccc4ccccc34)c2)c2ccc(-c3ccccc3)c(C(C)(C)C)c2)=CC1.c1ccccc1. The summed E-state index contributed by atoms with van der Waals surface area (Å²) in [5, 5.41) is 7.40. The molecule has 0 bridgehead atoms. The molecule has 346 valence electrons. The number of anilines is 4. The van der Waals surface area contributed by atoms with Gasteiger partial charge in [0, 0.05) is 57.3 Å². The lowest BCUT2D eigenvalue weighted by Gasteiger charge is -2.32. The summed E-state index contributed by atoms with van der Waals surface area (Å²) in [6.07, 6.45) is 8.08. The van der Waals surface area contributed by atoms with Crippen LogP contribution in [0.3, 0.4) is 0 Å². The van der Waals surface area contributed by atoms with Crippen molar-refractivity contribution < 1.29 is 0 Å². The van der Waals surface area contributed by atoms with Crippen molar-refractivity contribution in [2.24, 2.45) is 5.92 Å². The van der Waals surface area contributed by atoms with Crippen LogP contribution < -0.4 is 9.80 Å². The smallest absolute Gasteiger partial charge is 0.0541 e. The molecule has 1 unspecified atom stereocenters. The Kier molecular flexibility index (Phi) is 12.2. The molecule has 0 amide bonds. The van der Waals surface area contributed by atoms with Crippen molar-refractivity contribution >= 4 is 66.1 Å². The molecule has 3 heteroatoms. The van der Waals surface area contributed by atoms with E-state index in [0.29, 0.717) is 5.92 Å². The minimum Gasteiger partial charge on any atom is -0.344 e. The van der Waals surface area contributed by atoms with Crippen LogP contribution in [0, 0.1) is 5.92 Å². The number of fused-ring (bicyclic) bond motifs is 5. The summed E-state index contributed by atoms with van der Waals surface area (Å²) in [5.74, 6) is 0.481. The van der Waals surface area contributed by atoms with Crippen LogP contribution in [-0.2, 0) is 5.41 Å². The molecule has 1 aromatic heterocycles. The normalized spacial score (nSPS) is 13.5. The number of hydrogen-bond acceptors (Lipinski definition) is 2. The maximum atomic E-state index is 2.49. The second-order valence-corrected chi connectivity index (χ2v) is 19.9. The van der Waals surface area contributed by atoms with Gasteiger partial charge in [-0.05, 0) is 135 Å². The lowest BCUT2D eigenvalue weighted by Crippen LogP contribution is -2.20. The van der Waals surface area contributed by atoms with Crippen molar-refractivity contribution in [3.63, 3.8) is 0 Å². The Hall–Kier alpha value is -8.40. The Bertz CT molecular complexity index is 3730. The van der Waals surface area contributed by atoms with Gasteiger partial charge in [-0.25, -0.2) is 0 Å². The Labute approximate surface area is 418 Å². The van der Waals surface area contributed by atoms with Gasteiger partial charge in [-0.2, -0.15) is 0 Å². The highest BCUT2D eigenvalue weighted by Crippen LogP contribution is 2.44. The standard InChI is InChI=1S/C62H53N3.C6H6/c1-42-26-30-49(31-27-42)64(51-33-34-54(44-17-7-6-8-18-44)58(41-51)62(2,3)4)53-38-48(37-52(40-53)63(5)59-25-15-21-45-19-11-12-22-55(45)59)47-29-35-61-57(39-47)56-23-13-14-24-60(56)65(61)50-32-28-43-16-9-10-20-46(43)36-50;1-2-4-6-5-3-1/h6-26,28-42H,27H2,1-5H3;1-6H. The minimum absolute atomic E-state index is 0.0960. The number of benzene rings is 10. The molecule has 11 aromatic rings. The van der Waals surface area contributed by atoms with E-state index >= 15 is 0 Å². The first-order valence-electron chi connectivity index (χ1n) is 25.0. The van der Waals surface area contributed by atoms with Crippen molar-refractivity contribution in [1.82, 2.24) is 4.57 Å². The van der Waals surface area contributed by atoms with Crippen molar-refractivity contribution in [3.05, 3.63) is 260 Å². The maximum absolute atomic E-state index is 2.49. The Morgan fingerprint density at radius 1 is 0.465 bits per heavy atom. The van der Waals surface area contributed by atoms with E-state index in [1.807, 2.05) is 36.4 Å². The zero-order chi connectivity index (χ0) is 48.5. The third-order valence-electron chi connectivity index (χ3n) is 14.0. The minimum atomic E-state index is -0.0960. The molecular weight excluding hydrogens is 859 g/mol. The van der Waals surface area contributed by atoms with Gasteiger partial charge in [0.15, 0.2) is 0 Å². The van der Waals surface area contributed by atoms with Gasteiger partial charge >= 0.3 is 0 Å². The van der Waals surface area contributed by atoms with E-state index in [1.165, 1.54) is 77.0 Å². The van der Waals surface area contributed by atoms with Gasteiger partial charge in [-0.1, -0.05) is 204 Å². The molecule has 0 fully saturated rings. The topological polar surface area (TPSA) is 11.4 Å². The lowest BCUT2D eigenvalue weighted by molar-refractivity contribution is 0.592. The van der Waals surface area contributed by atoms with Gasteiger partial charge in [0.05, 0.1) is 11.0 Å². The first kappa shape index (κ1) is 45.1. The molecule has 0 N–H and O–H groups in total. The molecule has 0 radical (unpaired) electrons. The summed E-state index contributed by atoms with van der Waals surface area (Å²) in [6, 6.07) is 83.7. The highest BCUT2D eigenvalue weighted by molar-refractivity contribution is 6.11. The van der Waals surface area contributed by atoms with Crippen LogP contribution in [0.15, 0.2) is 254 Å². The molecular formula is C68H59N3. The third kappa shape index (κ3) is 9.04. The molecule has 0 aliphatic heterocycles. The molecule has 0 saturated heterocycles. The predicted octanol–water partition coefficient (Wildman–Crippen LogP) is 18.8. The monoisotopic (exact) mass is 917 g/mol. The highest BCUT2D eigenvalue weighted by Gasteiger charge is 2.25. The number of para-hydroxylation sites is 1. The first-order valence-corrected chi connectivity index (χ1v) is 25.0. The van der Waals surface area contributed by atoms with Crippen molar-refractivity contribution in [2.75, 3.05) is 16.8 Å². The van der Waals surface area contributed by atoms with Gasteiger partial charge in [0.25, 0.3) is 0 Å². The van der Waals surface area contributed by atoms with E-state index in [1.54, 1.807) is 0 Å². The summed E-state index contributed by atoms with van der Waals surface area (Å²) in [4.78, 5) is 4.85. The largest absolute Gasteiger partial charge is 0.344 e. The van der Waals surface area contributed by atoms with Gasteiger partial charge in [-0.15, -0.1) is 0 Å². The third-order valence-corrected chi connectivity index (χ3v) is 14.0. The average molecular weight is 918 g/mol. The Morgan fingerprint density at radius 2 is 1.11 bits per heavy atom. The zero-order valence-corrected chi connectivity index (χ0v) is 41.3. The quantitative estimate of drug-likeness (QED) is 0.150. The average Bonchev–Trinajstić information content (AvgIpc) is 3.75. The summed E-state index contributed by atoms with van der Waals surface area (Å²) < 4.78 is 2.42. The van der Waals surface area contributed by atoms with Crippen LogP contribution in [0.2, 0.25) is 0 Å². The molecule has 3 nitrogen and oxygen atoms in total. The summed E-state index contributed by atoms with van der Waals surface area (Å²) in [5.41, 5.74) is 15.3.